The van der Waals surface area contributed by atoms with Crippen LogP contribution in [0.25, 0.3) is 0 Å². The predicted octanol–water partition coefficient (Wildman–Crippen LogP) is 1.43. The molecule has 0 unspecified atom stereocenters. The summed E-state index contributed by atoms with van der Waals surface area (Å²) in [5, 5.41) is 5.04. The Morgan fingerprint density at radius 2 is 2.19 bits per heavy atom. The molecule has 6 heteroatoms. The summed E-state index contributed by atoms with van der Waals surface area (Å²) in [5.41, 5.74) is 0. The average Bonchev–Trinajstić information content (AvgIpc) is 2.98. The van der Waals surface area contributed by atoms with E-state index >= 15 is 0 Å². The quantitative estimate of drug-likeness (QED) is 0.865. The van der Waals surface area contributed by atoms with Gasteiger partial charge in [0, 0.05) is 31.1 Å². The van der Waals surface area contributed by atoms with Crippen LogP contribution in [0.15, 0.2) is 17.5 Å². The summed E-state index contributed by atoms with van der Waals surface area (Å²) in [6.07, 6.45) is 2.54. The van der Waals surface area contributed by atoms with Crippen LogP contribution in [0.5, 0.6) is 0 Å². The van der Waals surface area contributed by atoms with Crippen LogP contribution >= 0.6 is 11.3 Å². The van der Waals surface area contributed by atoms with Gasteiger partial charge in [0.15, 0.2) is 0 Å². The van der Waals surface area contributed by atoms with E-state index in [4.69, 9.17) is 4.74 Å². The molecular weight excluding hydrogens is 288 g/mol. The zero-order valence-corrected chi connectivity index (χ0v) is 13.2. The molecule has 0 aromatic carbocycles. The van der Waals surface area contributed by atoms with E-state index < -0.39 is 0 Å². The Hall–Kier alpha value is -1.40. The fourth-order valence-electron chi connectivity index (χ4n) is 2.47. The van der Waals surface area contributed by atoms with Gasteiger partial charge in [0.05, 0.1) is 19.4 Å². The molecule has 0 saturated carbocycles. The fraction of sp³-hybridized carbons (Fsp3) is 0.600. The molecule has 1 fully saturated rings. The van der Waals surface area contributed by atoms with Crippen molar-refractivity contribution in [1.29, 1.82) is 0 Å². The van der Waals surface area contributed by atoms with Gasteiger partial charge in [-0.15, -0.1) is 11.3 Å². The number of ether oxygens (including phenoxy) is 1. The highest BCUT2D eigenvalue weighted by atomic mass is 32.1. The molecule has 1 aliphatic rings. The van der Waals surface area contributed by atoms with Crippen molar-refractivity contribution in [1.82, 2.24) is 10.2 Å². The van der Waals surface area contributed by atoms with E-state index in [1.54, 1.807) is 18.4 Å². The van der Waals surface area contributed by atoms with E-state index in [0.717, 1.165) is 17.7 Å². The van der Waals surface area contributed by atoms with Crippen molar-refractivity contribution in [3.05, 3.63) is 22.4 Å². The first kappa shape index (κ1) is 16.0. The molecule has 0 spiro atoms. The summed E-state index contributed by atoms with van der Waals surface area (Å²) in [4.78, 5) is 26.7. The van der Waals surface area contributed by atoms with E-state index in [0.29, 0.717) is 32.5 Å². The Balaban J connectivity index is 1.69. The molecule has 0 radical (unpaired) electrons. The highest BCUT2D eigenvalue weighted by Gasteiger charge is 2.23. The van der Waals surface area contributed by atoms with Crippen molar-refractivity contribution in [2.75, 3.05) is 26.8 Å². The van der Waals surface area contributed by atoms with E-state index in [2.05, 4.69) is 5.32 Å². The van der Waals surface area contributed by atoms with Crippen molar-refractivity contribution >= 4 is 23.2 Å². The molecule has 2 heterocycles. The molecule has 1 saturated heterocycles. The summed E-state index contributed by atoms with van der Waals surface area (Å²) >= 11 is 1.60. The van der Waals surface area contributed by atoms with Gasteiger partial charge in [0.2, 0.25) is 11.8 Å². The molecule has 1 aliphatic heterocycles. The van der Waals surface area contributed by atoms with Gasteiger partial charge in [-0.3, -0.25) is 9.59 Å². The zero-order chi connectivity index (χ0) is 15.1. The van der Waals surface area contributed by atoms with Crippen LogP contribution in [0.1, 0.15) is 24.1 Å². The van der Waals surface area contributed by atoms with Gasteiger partial charge < -0.3 is 15.0 Å². The number of thiophene rings is 1. The number of likely N-dealkylation sites (tertiary alicyclic amines) is 1. The first-order valence-corrected chi connectivity index (χ1v) is 8.15. The maximum Gasteiger partial charge on any atom is 0.225 e. The molecule has 2 rings (SSSR count). The van der Waals surface area contributed by atoms with Crippen LogP contribution in [-0.4, -0.2) is 49.6 Å². The number of rotatable bonds is 6. The standard InChI is InChI=1S/C15H22N2O3S/c1-20-9-6-15(19)17-7-4-12(5-8-17)16-14(18)11-13-3-2-10-21-13/h2-3,10,12H,4-9,11H2,1H3,(H,16,18). The number of hydrogen-bond donors (Lipinski definition) is 1. The third-order valence-corrected chi connectivity index (χ3v) is 4.52. The molecule has 1 aromatic rings. The van der Waals surface area contributed by atoms with Crippen LogP contribution in [-0.2, 0) is 20.7 Å². The number of hydrogen-bond acceptors (Lipinski definition) is 4. The minimum Gasteiger partial charge on any atom is -0.384 e. The van der Waals surface area contributed by atoms with E-state index in [1.807, 2.05) is 22.4 Å². The smallest absolute Gasteiger partial charge is 0.225 e. The SMILES string of the molecule is COCCC(=O)N1CCC(NC(=O)Cc2cccs2)CC1. The first-order valence-electron chi connectivity index (χ1n) is 7.27. The van der Waals surface area contributed by atoms with Crippen molar-refractivity contribution in [3.63, 3.8) is 0 Å². The second kappa shape index (κ2) is 8.14. The maximum absolute atomic E-state index is 11.9. The molecule has 1 N–H and O–H groups in total. The summed E-state index contributed by atoms with van der Waals surface area (Å²) in [5.74, 6) is 0.210. The van der Waals surface area contributed by atoms with E-state index in [9.17, 15) is 9.59 Å². The summed E-state index contributed by atoms with van der Waals surface area (Å²) < 4.78 is 4.92. The van der Waals surface area contributed by atoms with Gasteiger partial charge in [-0.2, -0.15) is 0 Å². The average molecular weight is 310 g/mol. The Kier molecular flexibility index (Phi) is 6.20. The maximum atomic E-state index is 11.9. The second-order valence-electron chi connectivity index (χ2n) is 5.22. The summed E-state index contributed by atoms with van der Waals surface area (Å²) in [7, 11) is 1.60. The minimum absolute atomic E-state index is 0.0709. The van der Waals surface area contributed by atoms with Crippen LogP contribution in [0.4, 0.5) is 0 Å². The summed E-state index contributed by atoms with van der Waals surface area (Å²) in [6, 6.07) is 4.11. The van der Waals surface area contributed by atoms with Crippen molar-refractivity contribution in [3.8, 4) is 0 Å². The lowest BCUT2D eigenvalue weighted by atomic mass is 10.0. The van der Waals surface area contributed by atoms with Crippen molar-refractivity contribution in [2.24, 2.45) is 0 Å². The van der Waals surface area contributed by atoms with Gasteiger partial charge >= 0.3 is 0 Å². The second-order valence-corrected chi connectivity index (χ2v) is 6.25. The Labute approximate surface area is 129 Å². The number of carbonyl (C=O) groups is 2. The predicted molar refractivity (Wildman–Crippen MR) is 82.3 cm³/mol. The first-order chi connectivity index (χ1) is 10.2. The van der Waals surface area contributed by atoms with E-state index in [1.165, 1.54) is 0 Å². The number of carbonyl (C=O) groups excluding carboxylic acids is 2. The molecule has 0 atom stereocenters. The summed E-state index contributed by atoms with van der Waals surface area (Å²) in [6.45, 7) is 1.90. The Morgan fingerprint density at radius 1 is 1.43 bits per heavy atom. The molecule has 5 nitrogen and oxygen atoms in total. The molecular formula is C15H22N2O3S. The van der Waals surface area contributed by atoms with Crippen molar-refractivity contribution in [2.45, 2.75) is 31.7 Å². The third-order valence-electron chi connectivity index (χ3n) is 3.65. The number of methoxy groups -OCH3 is 1. The molecule has 0 aliphatic carbocycles. The number of amides is 2. The normalized spacial score (nSPS) is 16.0. The minimum atomic E-state index is 0.0709. The van der Waals surface area contributed by atoms with Gasteiger partial charge in [0.25, 0.3) is 0 Å². The number of nitrogens with zero attached hydrogens (tertiary/aromatic N) is 1. The van der Waals surface area contributed by atoms with Crippen LogP contribution in [0.2, 0.25) is 0 Å². The lowest BCUT2D eigenvalue weighted by molar-refractivity contribution is -0.133. The topological polar surface area (TPSA) is 58.6 Å². The van der Waals surface area contributed by atoms with Gasteiger partial charge in [-0.1, -0.05) is 6.07 Å². The third kappa shape index (κ3) is 5.13. The van der Waals surface area contributed by atoms with Gasteiger partial charge in [0.1, 0.15) is 0 Å². The zero-order valence-electron chi connectivity index (χ0n) is 12.3. The highest BCUT2D eigenvalue weighted by Crippen LogP contribution is 2.13. The molecule has 21 heavy (non-hydrogen) atoms. The number of nitrogens with one attached hydrogen (secondary N) is 1. The van der Waals surface area contributed by atoms with Crippen LogP contribution < -0.4 is 5.32 Å². The lowest BCUT2D eigenvalue weighted by Crippen LogP contribution is -2.47. The molecule has 0 bridgehead atoms. The van der Waals surface area contributed by atoms with E-state index in [-0.39, 0.29) is 17.9 Å². The van der Waals surface area contributed by atoms with Crippen LogP contribution in [0, 0.1) is 0 Å². The Morgan fingerprint density at radius 3 is 2.81 bits per heavy atom. The largest absolute Gasteiger partial charge is 0.384 e. The molecule has 2 amide bonds. The number of piperidine rings is 1. The van der Waals surface area contributed by atoms with Crippen LogP contribution in [0.3, 0.4) is 0 Å². The fourth-order valence-corrected chi connectivity index (χ4v) is 3.17. The Bertz CT molecular complexity index is 453. The van der Waals surface area contributed by atoms with Gasteiger partial charge in [-0.25, -0.2) is 0 Å². The van der Waals surface area contributed by atoms with Crippen molar-refractivity contribution < 1.29 is 14.3 Å². The van der Waals surface area contributed by atoms with Gasteiger partial charge in [-0.05, 0) is 24.3 Å². The monoisotopic (exact) mass is 310 g/mol. The highest BCUT2D eigenvalue weighted by molar-refractivity contribution is 7.10. The molecule has 1 aromatic heterocycles. The lowest BCUT2D eigenvalue weighted by Gasteiger charge is -2.32. The molecule has 116 valence electrons.